The van der Waals surface area contributed by atoms with Crippen LogP contribution in [0.3, 0.4) is 0 Å². The van der Waals surface area contributed by atoms with E-state index in [2.05, 4.69) is 23.0 Å². The van der Waals surface area contributed by atoms with Crippen molar-refractivity contribution in [3.8, 4) is 0 Å². The van der Waals surface area contributed by atoms with Gasteiger partial charge in [0.15, 0.2) is 5.11 Å². The van der Waals surface area contributed by atoms with Gasteiger partial charge in [0, 0.05) is 13.6 Å². The van der Waals surface area contributed by atoms with Gasteiger partial charge in [0.25, 0.3) is 0 Å². The highest BCUT2D eigenvalue weighted by molar-refractivity contribution is 7.80. The third kappa shape index (κ3) is 4.09. The van der Waals surface area contributed by atoms with Crippen LogP contribution in [0.4, 0.5) is 0 Å². The Morgan fingerprint density at radius 1 is 1.67 bits per heavy atom. The molecule has 0 saturated carbocycles. The van der Waals surface area contributed by atoms with E-state index in [0.29, 0.717) is 6.54 Å². The first-order valence-electron chi connectivity index (χ1n) is 3.60. The van der Waals surface area contributed by atoms with Gasteiger partial charge in [-0.1, -0.05) is 0 Å². The van der Waals surface area contributed by atoms with E-state index in [-0.39, 0.29) is 17.6 Å². The number of thiocarbonyl (C=S) groups is 1. The standard InChI is InChI=1S/C6H14N4OS/c1-3-10(2)5(11)4-8-6(12)9-7/h3-4,7H2,1-2H3,(H2,8,9,12). The molecule has 5 nitrogen and oxygen atoms in total. The minimum Gasteiger partial charge on any atom is -0.353 e. The summed E-state index contributed by atoms with van der Waals surface area (Å²) >= 11 is 4.68. The summed E-state index contributed by atoms with van der Waals surface area (Å²) in [5.41, 5.74) is 2.23. The molecular weight excluding hydrogens is 176 g/mol. The molecule has 12 heavy (non-hydrogen) atoms. The molecule has 0 aromatic rings. The van der Waals surface area contributed by atoms with Crippen molar-refractivity contribution in [2.75, 3.05) is 20.1 Å². The Morgan fingerprint density at radius 3 is 2.67 bits per heavy atom. The number of hydrazine groups is 1. The molecule has 0 saturated heterocycles. The molecule has 70 valence electrons. The van der Waals surface area contributed by atoms with E-state index in [1.807, 2.05) is 6.92 Å². The molecule has 0 aromatic heterocycles. The monoisotopic (exact) mass is 190 g/mol. The highest BCUT2D eigenvalue weighted by Gasteiger charge is 2.05. The van der Waals surface area contributed by atoms with Gasteiger partial charge in [-0.3, -0.25) is 4.79 Å². The van der Waals surface area contributed by atoms with Crippen molar-refractivity contribution >= 4 is 23.2 Å². The van der Waals surface area contributed by atoms with Crippen LogP contribution >= 0.6 is 12.2 Å². The van der Waals surface area contributed by atoms with Gasteiger partial charge in [-0.25, -0.2) is 5.84 Å². The number of nitrogens with one attached hydrogen (secondary N) is 2. The topological polar surface area (TPSA) is 70.4 Å². The third-order valence-corrected chi connectivity index (χ3v) is 1.69. The smallest absolute Gasteiger partial charge is 0.241 e. The zero-order valence-electron chi connectivity index (χ0n) is 7.26. The van der Waals surface area contributed by atoms with Gasteiger partial charge < -0.3 is 15.6 Å². The van der Waals surface area contributed by atoms with Crippen molar-refractivity contribution in [3.05, 3.63) is 0 Å². The zero-order valence-corrected chi connectivity index (χ0v) is 8.07. The first kappa shape index (κ1) is 11.1. The summed E-state index contributed by atoms with van der Waals surface area (Å²) in [7, 11) is 1.73. The predicted molar refractivity (Wildman–Crippen MR) is 51.2 cm³/mol. The molecule has 0 aliphatic heterocycles. The highest BCUT2D eigenvalue weighted by Crippen LogP contribution is 1.80. The Hall–Kier alpha value is -0.880. The van der Waals surface area contributed by atoms with Crippen LogP contribution in [0.1, 0.15) is 6.92 Å². The number of likely N-dealkylation sites (N-methyl/N-ethyl adjacent to an activating group) is 1. The largest absolute Gasteiger partial charge is 0.353 e. The summed E-state index contributed by atoms with van der Waals surface area (Å²) in [6.45, 7) is 2.76. The van der Waals surface area contributed by atoms with Crippen molar-refractivity contribution < 1.29 is 4.79 Å². The lowest BCUT2D eigenvalue weighted by Crippen LogP contribution is -2.44. The molecule has 0 unspecified atom stereocenters. The fourth-order valence-corrected chi connectivity index (χ4v) is 0.590. The summed E-state index contributed by atoms with van der Waals surface area (Å²) < 4.78 is 0. The molecular formula is C6H14N4OS. The maximum Gasteiger partial charge on any atom is 0.241 e. The molecule has 0 atom stereocenters. The van der Waals surface area contributed by atoms with Crippen LogP contribution in [0.15, 0.2) is 0 Å². The Kier molecular flexibility index (Phi) is 5.31. The number of hydrogen-bond donors (Lipinski definition) is 3. The van der Waals surface area contributed by atoms with Crippen LogP contribution < -0.4 is 16.6 Å². The van der Waals surface area contributed by atoms with Crippen LogP contribution in [0, 0.1) is 0 Å². The van der Waals surface area contributed by atoms with Crippen LogP contribution in [0.25, 0.3) is 0 Å². The number of nitrogens with two attached hydrogens (primary N) is 1. The van der Waals surface area contributed by atoms with Crippen LogP contribution in [0.2, 0.25) is 0 Å². The second kappa shape index (κ2) is 5.73. The third-order valence-electron chi connectivity index (χ3n) is 1.43. The van der Waals surface area contributed by atoms with E-state index >= 15 is 0 Å². The zero-order chi connectivity index (χ0) is 9.56. The number of carbonyl (C=O) groups excluding carboxylic acids is 1. The van der Waals surface area contributed by atoms with Crippen molar-refractivity contribution in [1.29, 1.82) is 0 Å². The molecule has 6 heteroatoms. The number of rotatable bonds is 3. The van der Waals surface area contributed by atoms with E-state index in [0.717, 1.165) is 0 Å². The Labute approximate surface area is 77.3 Å². The molecule has 0 fully saturated rings. The fourth-order valence-electron chi connectivity index (χ4n) is 0.518. The van der Waals surface area contributed by atoms with Crippen molar-refractivity contribution in [1.82, 2.24) is 15.6 Å². The molecule has 4 N–H and O–H groups in total. The van der Waals surface area contributed by atoms with E-state index in [1.165, 1.54) is 0 Å². The van der Waals surface area contributed by atoms with E-state index < -0.39 is 0 Å². The Morgan fingerprint density at radius 2 is 2.25 bits per heavy atom. The second-order valence-corrected chi connectivity index (χ2v) is 2.64. The molecule has 0 bridgehead atoms. The summed E-state index contributed by atoms with van der Waals surface area (Å²) in [5.74, 6) is 4.97. The number of nitrogens with zero attached hydrogens (tertiary/aromatic N) is 1. The summed E-state index contributed by atoms with van der Waals surface area (Å²) in [6.07, 6.45) is 0. The van der Waals surface area contributed by atoms with Gasteiger partial charge in [-0.15, -0.1) is 0 Å². The van der Waals surface area contributed by atoms with Crippen molar-refractivity contribution in [2.45, 2.75) is 6.92 Å². The second-order valence-electron chi connectivity index (χ2n) is 2.23. The van der Waals surface area contributed by atoms with E-state index in [1.54, 1.807) is 11.9 Å². The van der Waals surface area contributed by atoms with Gasteiger partial charge in [0.2, 0.25) is 5.91 Å². The first-order valence-corrected chi connectivity index (χ1v) is 4.01. The van der Waals surface area contributed by atoms with Gasteiger partial charge in [0.1, 0.15) is 0 Å². The lowest BCUT2D eigenvalue weighted by molar-refractivity contribution is -0.128. The maximum absolute atomic E-state index is 11.1. The van der Waals surface area contributed by atoms with E-state index in [9.17, 15) is 4.79 Å². The molecule has 0 aliphatic rings. The summed E-state index contributed by atoms with van der Waals surface area (Å²) in [5, 5.41) is 2.92. The van der Waals surface area contributed by atoms with Gasteiger partial charge in [0.05, 0.1) is 6.54 Å². The van der Waals surface area contributed by atoms with E-state index in [4.69, 9.17) is 5.84 Å². The maximum atomic E-state index is 11.1. The first-order chi connectivity index (χ1) is 5.61. The van der Waals surface area contributed by atoms with Gasteiger partial charge in [-0.05, 0) is 19.1 Å². The average Bonchev–Trinajstić information content (AvgIpc) is 2.11. The SMILES string of the molecule is CCN(C)C(=O)CNC(=S)NN. The predicted octanol–water partition coefficient (Wildman–Crippen LogP) is -1.20. The number of carbonyl (C=O) groups is 1. The molecule has 0 rings (SSSR count). The molecule has 0 radical (unpaired) electrons. The molecule has 0 aliphatic carbocycles. The molecule has 0 heterocycles. The Bertz CT molecular complexity index is 173. The minimum atomic E-state index is -0.0184. The summed E-state index contributed by atoms with van der Waals surface area (Å²) in [4.78, 5) is 12.7. The highest BCUT2D eigenvalue weighted by atomic mass is 32.1. The summed E-state index contributed by atoms with van der Waals surface area (Å²) in [6, 6.07) is 0. The van der Waals surface area contributed by atoms with Crippen LogP contribution in [0.5, 0.6) is 0 Å². The normalized spacial score (nSPS) is 8.92. The van der Waals surface area contributed by atoms with Crippen molar-refractivity contribution in [3.63, 3.8) is 0 Å². The quantitative estimate of drug-likeness (QED) is 0.296. The minimum absolute atomic E-state index is 0.0184. The molecule has 0 aromatic carbocycles. The average molecular weight is 190 g/mol. The Balaban J connectivity index is 3.64. The molecule has 0 spiro atoms. The lowest BCUT2D eigenvalue weighted by atomic mass is 10.5. The number of hydrogen-bond acceptors (Lipinski definition) is 3. The molecule has 1 amide bonds. The fraction of sp³-hybridized carbons (Fsp3) is 0.667. The van der Waals surface area contributed by atoms with Crippen LogP contribution in [-0.2, 0) is 4.79 Å². The van der Waals surface area contributed by atoms with Crippen LogP contribution in [-0.4, -0.2) is 36.1 Å². The lowest BCUT2D eigenvalue weighted by Gasteiger charge is -2.15. The van der Waals surface area contributed by atoms with Crippen molar-refractivity contribution in [2.24, 2.45) is 5.84 Å². The number of amides is 1. The van der Waals surface area contributed by atoms with Gasteiger partial charge in [-0.2, -0.15) is 0 Å². The van der Waals surface area contributed by atoms with Gasteiger partial charge >= 0.3 is 0 Å².